The maximum Gasteiger partial charge on any atom is 0.254 e. The largest absolute Gasteiger partial charge is 0.351 e. The summed E-state index contributed by atoms with van der Waals surface area (Å²) in [6.07, 6.45) is 3.30. The number of rotatable bonds is 5. The third-order valence-electron chi connectivity index (χ3n) is 4.39. The molecule has 2 aromatic carbocycles. The third-order valence-corrected chi connectivity index (χ3v) is 4.39. The highest BCUT2D eigenvalue weighted by molar-refractivity contribution is 5.93. The van der Waals surface area contributed by atoms with Crippen LogP contribution in [0.1, 0.15) is 28.4 Å². The fraction of sp³-hybridized carbons (Fsp3) is 0.200. The maximum absolute atomic E-state index is 12.4. The van der Waals surface area contributed by atoms with Crippen LogP contribution in [0.5, 0.6) is 0 Å². The zero-order valence-electron chi connectivity index (χ0n) is 13.9. The molecule has 122 valence electrons. The van der Waals surface area contributed by atoms with E-state index < -0.39 is 0 Å². The summed E-state index contributed by atoms with van der Waals surface area (Å²) >= 11 is 0. The first kappa shape index (κ1) is 16.0. The Morgan fingerprint density at radius 1 is 1.04 bits per heavy atom. The van der Waals surface area contributed by atoms with Gasteiger partial charge >= 0.3 is 0 Å². The van der Waals surface area contributed by atoms with E-state index in [-0.39, 0.29) is 11.3 Å². The quantitative estimate of drug-likeness (QED) is 0.785. The average Bonchev–Trinajstić information content (AvgIpc) is 3.07. The van der Waals surface area contributed by atoms with Crippen molar-refractivity contribution in [3.8, 4) is 0 Å². The number of nitrogens with one attached hydrogen (secondary N) is 1. The van der Waals surface area contributed by atoms with E-state index in [1.165, 1.54) is 11.1 Å². The average molecular weight is 319 g/mol. The van der Waals surface area contributed by atoms with Gasteiger partial charge in [0.25, 0.3) is 5.91 Å². The van der Waals surface area contributed by atoms with Crippen molar-refractivity contribution in [1.29, 1.82) is 0 Å². The maximum atomic E-state index is 12.4. The number of carbonyl (C=O) groups is 1. The Hall–Kier alpha value is -2.88. The van der Waals surface area contributed by atoms with E-state index in [1.54, 1.807) is 24.1 Å². The van der Waals surface area contributed by atoms with Crippen molar-refractivity contribution in [2.45, 2.75) is 12.3 Å². The van der Waals surface area contributed by atoms with E-state index in [0.717, 1.165) is 0 Å². The van der Waals surface area contributed by atoms with Crippen LogP contribution in [0.25, 0.3) is 0 Å². The van der Waals surface area contributed by atoms with E-state index in [9.17, 15) is 4.79 Å². The van der Waals surface area contributed by atoms with Crippen LogP contribution in [0.15, 0.2) is 73.1 Å². The van der Waals surface area contributed by atoms with Gasteiger partial charge in [0.15, 0.2) is 0 Å². The molecule has 0 aliphatic carbocycles. The van der Waals surface area contributed by atoms with Crippen molar-refractivity contribution < 1.29 is 4.79 Å². The van der Waals surface area contributed by atoms with Gasteiger partial charge in [0, 0.05) is 25.2 Å². The van der Waals surface area contributed by atoms with Crippen LogP contribution < -0.4 is 5.32 Å². The second-order valence-electron chi connectivity index (χ2n) is 6.15. The molecule has 0 aliphatic heterocycles. The van der Waals surface area contributed by atoms with Gasteiger partial charge in [-0.05, 0) is 18.1 Å². The Bertz CT molecular complexity index is 770. The zero-order valence-corrected chi connectivity index (χ0v) is 13.9. The summed E-state index contributed by atoms with van der Waals surface area (Å²) in [5.74, 6) is -0.110. The molecule has 0 saturated heterocycles. The number of nitrogens with zero attached hydrogens (tertiary/aromatic N) is 2. The lowest BCUT2D eigenvalue weighted by atomic mass is 9.76. The Kier molecular flexibility index (Phi) is 4.47. The minimum absolute atomic E-state index is 0.110. The third kappa shape index (κ3) is 3.23. The normalized spacial score (nSPS) is 11.2. The van der Waals surface area contributed by atoms with Crippen LogP contribution in [0, 0.1) is 0 Å². The predicted octanol–water partition coefficient (Wildman–Crippen LogP) is 3.16. The van der Waals surface area contributed by atoms with E-state index in [4.69, 9.17) is 0 Å². The van der Waals surface area contributed by atoms with E-state index in [0.29, 0.717) is 12.1 Å². The first-order valence-corrected chi connectivity index (χ1v) is 7.97. The molecule has 0 unspecified atom stereocenters. The summed E-state index contributed by atoms with van der Waals surface area (Å²) in [6.45, 7) is 2.66. The fourth-order valence-corrected chi connectivity index (χ4v) is 2.88. The Morgan fingerprint density at radius 3 is 2.04 bits per heavy atom. The van der Waals surface area contributed by atoms with Crippen molar-refractivity contribution in [1.82, 2.24) is 15.1 Å². The zero-order chi connectivity index (χ0) is 17.0. The lowest BCUT2D eigenvalue weighted by Gasteiger charge is -2.31. The molecule has 3 rings (SSSR count). The van der Waals surface area contributed by atoms with Crippen molar-refractivity contribution in [2.24, 2.45) is 7.05 Å². The lowest BCUT2D eigenvalue weighted by Crippen LogP contribution is -2.39. The highest BCUT2D eigenvalue weighted by atomic mass is 16.1. The molecule has 1 aromatic heterocycles. The van der Waals surface area contributed by atoms with Crippen molar-refractivity contribution in [2.75, 3.05) is 6.54 Å². The van der Waals surface area contributed by atoms with E-state index >= 15 is 0 Å². The molecule has 0 spiro atoms. The number of aromatic nitrogens is 2. The summed E-state index contributed by atoms with van der Waals surface area (Å²) < 4.78 is 1.63. The number of hydrogen-bond donors (Lipinski definition) is 1. The Morgan fingerprint density at radius 2 is 1.58 bits per heavy atom. The van der Waals surface area contributed by atoms with Crippen molar-refractivity contribution >= 4 is 5.91 Å². The molecule has 0 bridgehead atoms. The number of benzene rings is 2. The summed E-state index contributed by atoms with van der Waals surface area (Å²) in [4.78, 5) is 12.4. The molecule has 0 aliphatic rings. The molecule has 0 atom stereocenters. The van der Waals surface area contributed by atoms with Gasteiger partial charge in [0.2, 0.25) is 0 Å². The van der Waals surface area contributed by atoms with Crippen molar-refractivity contribution in [3.63, 3.8) is 0 Å². The van der Waals surface area contributed by atoms with Crippen LogP contribution in [-0.4, -0.2) is 22.2 Å². The van der Waals surface area contributed by atoms with Gasteiger partial charge in [-0.1, -0.05) is 60.7 Å². The van der Waals surface area contributed by atoms with Gasteiger partial charge in [-0.25, -0.2) is 0 Å². The van der Waals surface area contributed by atoms with Gasteiger partial charge in [-0.15, -0.1) is 0 Å². The van der Waals surface area contributed by atoms with Gasteiger partial charge in [0.1, 0.15) is 0 Å². The number of hydrogen-bond acceptors (Lipinski definition) is 2. The first-order chi connectivity index (χ1) is 11.6. The van der Waals surface area contributed by atoms with Gasteiger partial charge in [-0.2, -0.15) is 5.10 Å². The molecule has 1 amide bonds. The minimum atomic E-state index is -0.305. The second-order valence-corrected chi connectivity index (χ2v) is 6.15. The van der Waals surface area contributed by atoms with Crippen LogP contribution in [0.3, 0.4) is 0 Å². The topological polar surface area (TPSA) is 46.9 Å². The Labute approximate surface area is 142 Å². The van der Waals surface area contributed by atoms with Crippen LogP contribution >= 0.6 is 0 Å². The molecule has 4 heteroatoms. The molecule has 0 fully saturated rings. The smallest absolute Gasteiger partial charge is 0.254 e. The highest BCUT2D eigenvalue weighted by Gasteiger charge is 2.29. The standard InChI is InChI=1S/C20H21N3O/c1-20(17-9-5-3-6-10-17,18-11-7-4-8-12-18)15-21-19(24)16-13-22-23(2)14-16/h3-14H,15H2,1-2H3,(H,21,24). The van der Waals surface area contributed by atoms with E-state index in [2.05, 4.69) is 41.6 Å². The summed E-state index contributed by atoms with van der Waals surface area (Å²) in [5, 5.41) is 7.11. The second kappa shape index (κ2) is 6.71. The predicted molar refractivity (Wildman–Crippen MR) is 94.9 cm³/mol. The minimum Gasteiger partial charge on any atom is -0.351 e. The molecular formula is C20H21N3O. The monoisotopic (exact) mass is 319 g/mol. The summed E-state index contributed by atoms with van der Waals surface area (Å²) in [6, 6.07) is 20.5. The number of carbonyl (C=O) groups excluding carboxylic acids is 1. The molecule has 1 N–H and O–H groups in total. The molecule has 0 radical (unpaired) electrons. The van der Waals surface area contributed by atoms with Crippen molar-refractivity contribution in [3.05, 3.63) is 89.7 Å². The van der Waals surface area contributed by atoms with Gasteiger partial charge in [0.05, 0.1) is 11.8 Å². The molecule has 4 nitrogen and oxygen atoms in total. The SMILES string of the molecule is Cn1cc(C(=O)NCC(C)(c2ccccc2)c2ccccc2)cn1. The number of amides is 1. The summed E-state index contributed by atoms with van der Waals surface area (Å²) in [7, 11) is 1.80. The highest BCUT2D eigenvalue weighted by Crippen LogP contribution is 2.31. The molecular weight excluding hydrogens is 298 g/mol. The van der Waals surface area contributed by atoms with E-state index in [1.807, 2.05) is 36.4 Å². The van der Waals surface area contributed by atoms with Gasteiger partial charge < -0.3 is 5.32 Å². The Balaban J connectivity index is 1.87. The molecule has 0 saturated carbocycles. The molecule has 1 heterocycles. The van der Waals surface area contributed by atoms with Crippen LogP contribution in [-0.2, 0) is 12.5 Å². The van der Waals surface area contributed by atoms with Gasteiger partial charge in [-0.3, -0.25) is 9.48 Å². The van der Waals surface area contributed by atoms with Crippen LogP contribution in [0.4, 0.5) is 0 Å². The lowest BCUT2D eigenvalue weighted by molar-refractivity contribution is 0.0947. The van der Waals surface area contributed by atoms with Crippen LogP contribution in [0.2, 0.25) is 0 Å². The molecule has 24 heavy (non-hydrogen) atoms. The first-order valence-electron chi connectivity index (χ1n) is 7.97. The molecule has 3 aromatic rings. The fourth-order valence-electron chi connectivity index (χ4n) is 2.88. The summed E-state index contributed by atoms with van der Waals surface area (Å²) in [5.41, 5.74) is 2.60. The number of aryl methyl sites for hydroxylation is 1.